The molecule has 0 heterocycles. The predicted octanol–water partition coefficient (Wildman–Crippen LogP) is 5.01. The molecule has 0 atom stereocenters. The third-order valence-electron chi connectivity index (χ3n) is 3.27. The average molecular weight is 236 g/mol. The van der Waals surface area contributed by atoms with Crippen LogP contribution < -0.4 is 0 Å². The van der Waals surface area contributed by atoms with Gasteiger partial charge in [-0.25, -0.2) is 0 Å². The number of fused-ring (bicyclic) bond motifs is 1. The maximum absolute atomic E-state index is 4.14. The van der Waals surface area contributed by atoms with E-state index < -0.39 is 0 Å². The van der Waals surface area contributed by atoms with Gasteiger partial charge in [0.1, 0.15) is 0 Å². The van der Waals surface area contributed by atoms with Gasteiger partial charge in [0, 0.05) is 0 Å². The van der Waals surface area contributed by atoms with Gasteiger partial charge in [-0.05, 0) is 49.0 Å². The Balaban J connectivity index is 2.25. The molecule has 0 nitrogen and oxygen atoms in total. The Morgan fingerprint density at radius 1 is 1.17 bits per heavy atom. The van der Waals surface area contributed by atoms with Crippen molar-refractivity contribution >= 4 is 6.08 Å². The number of benzene rings is 1. The lowest BCUT2D eigenvalue weighted by Gasteiger charge is -2.17. The van der Waals surface area contributed by atoms with E-state index in [1.165, 1.54) is 22.3 Å². The molecule has 0 amide bonds. The Kier molecular flexibility index (Phi) is 3.66. The van der Waals surface area contributed by atoms with E-state index in [1.54, 1.807) is 0 Å². The molecule has 0 aromatic heterocycles. The second-order valence-corrected chi connectivity index (χ2v) is 5.08. The molecule has 0 aliphatic heterocycles. The highest BCUT2D eigenvalue weighted by molar-refractivity contribution is 5.65. The van der Waals surface area contributed by atoms with Crippen molar-refractivity contribution in [2.45, 2.75) is 26.7 Å². The Morgan fingerprint density at radius 3 is 2.67 bits per heavy atom. The molecule has 1 aromatic carbocycles. The fourth-order valence-corrected chi connectivity index (χ4v) is 2.22. The van der Waals surface area contributed by atoms with E-state index in [0.717, 1.165) is 24.0 Å². The lowest BCUT2D eigenvalue weighted by atomic mass is 9.88. The smallest absolute Gasteiger partial charge is 0.0221 e. The van der Waals surface area contributed by atoms with Crippen molar-refractivity contribution in [1.29, 1.82) is 0 Å². The molecule has 2 rings (SSSR count). The van der Waals surface area contributed by atoms with E-state index in [9.17, 15) is 0 Å². The zero-order valence-electron chi connectivity index (χ0n) is 11.3. The van der Waals surface area contributed by atoms with Gasteiger partial charge in [0.25, 0.3) is 0 Å². The van der Waals surface area contributed by atoms with Crippen LogP contribution in [0.2, 0.25) is 0 Å². The second-order valence-electron chi connectivity index (χ2n) is 5.08. The van der Waals surface area contributed by atoms with Crippen LogP contribution in [0.5, 0.6) is 0 Å². The summed E-state index contributed by atoms with van der Waals surface area (Å²) in [6.45, 7) is 12.2. The van der Waals surface area contributed by atoms with Crippen molar-refractivity contribution in [1.82, 2.24) is 0 Å². The summed E-state index contributed by atoms with van der Waals surface area (Å²) in [5, 5.41) is 0. The van der Waals surface area contributed by atoms with Crippen molar-refractivity contribution in [3.05, 3.63) is 76.9 Å². The molecule has 1 aromatic rings. The minimum Gasteiger partial charge on any atom is -0.0961 e. The van der Waals surface area contributed by atoms with Gasteiger partial charge >= 0.3 is 0 Å². The van der Waals surface area contributed by atoms with Crippen LogP contribution in [-0.4, -0.2) is 0 Å². The van der Waals surface area contributed by atoms with Crippen LogP contribution in [0.4, 0.5) is 0 Å². The summed E-state index contributed by atoms with van der Waals surface area (Å²) < 4.78 is 0. The van der Waals surface area contributed by atoms with Crippen molar-refractivity contribution < 1.29 is 0 Å². The summed E-state index contributed by atoms with van der Waals surface area (Å²) in [5.74, 6) is 0. The molecule has 0 saturated heterocycles. The number of hydrogen-bond acceptors (Lipinski definition) is 0. The summed E-state index contributed by atoms with van der Waals surface area (Å²) >= 11 is 0. The van der Waals surface area contributed by atoms with Gasteiger partial charge in [0.2, 0.25) is 0 Å². The van der Waals surface area contributed by atoms with Crippen LogP contribution in [-0.2, 0) is 6.42 Å². The normalized spacial score (nSPS) is 14.2. The fraction of sp³-hybridized carbons (Fsp3) is 0.222. The van der Waals surface area contributed by atoms with Gasteiger partial charge in [0.15, 0.2) is 0 Å². The molecule has 0 unspecified atom stereocenters. The first-order valence-electron chi connectivity index (χ1n) is 6.39. The Hall–Kier alpha value is -1.82. The molecule has 0 radical (unpaired) electrons. The van der Waals surface area contributed by atoms with Gasteiger partial charge in [-0.15, -0.1) is 0 Å². The van der Waals surface area contributed by atoms with Gasteiger partial charge < -0.3 is 0 Å². The van der Waals surface area contributed by atoms with Crippen LogP contribution >= 0.6 is 0 Å². The standard InChI is InChI=1S/C18H20/c1-13(2)5-7-15(4)16-9-10-17-11-14(3)6-8-18(17)12-16/h5-8,11-12H,1,4,9-10H2,2-3H3/b7-5-. The fourth-order valence-electron chi connectivity index (χ4n) is 2.22. The molecule has 0 spiro atoms. The first kappa shape index (κ1) is 12.6. The van der Waals surface area contributed by atoms with Gasteiger partial charge in [-0.1, -0.05) is 60.7 Å². The highest BCUT2D eigenvalue weighted by Crippen LogP contribution is 2.28. The lowest BCUT2D eigenvalue weighted by Crippen LogP contribution is -2.00. The largest absolute Gasteiger partial charge is 0.0961 e. The molecule has 1 aliphatic carbocycles. The summed E-state index contributed by atoms with van der Waals surface area (Å²) in [4.78, 5) is 0. The van der Waals surface area contributed by atoms with Gasteiger partial charge in [0.05, 0.1) is 0 Å². The number of hydrogen-bond donors (Lipinski definition) is 0. The topological polar surface area (TPSA) is 0 Å². The molecular formula is C18H20. The Bertz CT molecular complexity index is 553. The molecular weight excluding hydrogens is 216 g/mol. The molecule has 0 heteroatoms. The minimum absolute atomic E-state index is 1.06. The number of rotatable bonds is 3. The molecule has 0 saturated carbocycles. The van der Waals surface area contributed by atoms with E-state index in [1.807, 2.05) is 13.0 Å². The zero-order valence-corrected chi connectivity index (χ0v) is 11.3. The SMILES string of the molecule is C=C(C)/C=C\C(=C)C1=Cc2ccc(C)cc2CC1. The molecule has 0 bridgehead atoms. The number of aryl methyl sites for hydroxylation is 2. The van der Waals surface area contributed by atoms with Crippen molar-refractivity contribution in [3.8, 4) is 0 Å². The molecule has 0 N–H and O–H groups in total. The summed E-state index contributed by atoms with van der Waals surface area (Å²) in [6, 6.07) is 6.67. The molecule has 18 heavy (non-hydrogen) atoms. The highest BCUT2D eigenvalue weighted by Gasteiger charge is 2.11. The van der Waals surface area contributed by atoms with Crippen LogP contribution in [0.15, 0.2) is 60.2 Å². The third-order valence-corrected chi connectivity index (χ3v) is 3.27. The van der Waals surface area contributed by atoms with Crippen LogP contribution in [0.25, 0.3) is 6.08 Å². The first-order valence-corrected chi connectivity index (χ1v) is 6.39. The maximum Gasteiger partial charge on any atom is -0.0221 e. The average Bonchev–Trinajstić information content (AvgIpc) is 2.35. The van der Waals surface area contributed by atoms with E-state index in [4.69, 9.17) is 0 Å². The number of allylic oxidation sites excluding steroid dienone is 5. The van der Waals surface area contributed by atoms with Gasteiger partial charge in [-0.3, -0.25) is 0 Å². The van der Waals surface area contributed by atoms with E-state index in [2.05, 4.69) is 50.4 Å². The van der Waals surface area contributed by atoms with Crippen LogP contribution in [0.1, 0.15) is 30.0 Å². The predicted molar refractivity (Wildman–Crippen MR) is 80.6 cm³/mol. The molecule has 1 aliphatic rings. The van der Waals surface area contributed by atoms with Crippen molar-refractivity contribution in [3.63, 3.8) is 0 Å². The molecule has 92 valence electrons. The van der Waals surface area contributed by atoms with Crippen LogP contribution in [0.3, 0.4) is 0 Å². The Morgan fingerprint density at radius 2 is 1.94 bits per heavy atom. The summed E-state index contributed by atoms with van der Waals surface area (Å²) in [7, 11) is 0. The summed E-state index contributed by atoms with van der Waals surface area (Å²) in [6.07, 6.45) is 8.54. The zero-order chi connectivity index (χ0) is 13.1. The minimum atomic E-state index is 1.06. The van der Waals surface area contributed by atoms with Crippen molar-refractivity contribution in [2.75, 3.05) is 0 Å². The Labute approximate surface area is 110 Å². The van der Waals surface area contributed by atoms with E-state index in [0.29, 0.717) is 0 Å². The van der Waals surface area contributed by atoms with E-state index >= 15 is 0 Å². The van der Waals surface area contributed by atoms with Gasteiger partial charge in [-0.2, -0.15) is 0 Å². The lowest BCUT2D eigenvalue weighted by molar-refractivity contribution is 0.939. The molecule has 0 fully saturated rings. The van der Waals surface area contributed by atoms with Crippen LogP contribution in [0, 0.1) is 6.92 Å². The highest BCUT2D eigenvalue weighted by atomic mass is 14.2. The third kappa shape index (κ3) is 2.89. The monoisotopic (exact) mass is 236 g/mol. The first-order chi connectivity index (χ1) is 8.56. The maximum atomic E-state index is 4.14. The summed E-state index contributed by atoms with van der Waals surface area (Å²) in [5.41, 5.74) is 7.63. The second kappa shape index (κ2) is 5.22. The van der Waals surface area contributed by atoms with Crippen molar-refractivity contribution in [2.24, 2.45) is 0 Å². The van der Waals surface area contributed by atoms with E-state index in [-0.39, 0.29) is 0 Å². The quantitative estimate of drug-likeness (QED) is 0.647.